The summed E-state index contributed by atoms with van der Waals surface area (Å²) in [5.41, 5.74) is 6.77. The average Bonchev–Trinajstić information content (AvgIpc) is 3.11. The lowest BCUT2D eigenvalue weighted by Gasteiger charge is -2.11. The Kier molecular flexibility index (Phi) is 4.30. The molecule has 3 nitrogen and oxygen atoms in total. The molecule has 2 rings (SSSR count). The van der Waals surface area contributed by atoms with Gasteiger partial charge in [-0.25, -0.2) is 9.38 Å². The minimum Gasteiger partial charge on any atom is -0.370 e. The quantitative estimate of drug-likeness (QED) is 0.659. The number of hydrogen-bond donors (Lipinski definition) is 2. The van der Waals surface area contributed by atoms with E-state index in [9.17, 15) is 4.39 Å². The minimum atomic E-state index is -0.375. The molecule has 1 fully saturated rings. The van der Waals surface area contributed by atoms with Crippen LogP contribution in [0, 0.1) is 5.82 Å². The Morgan fingerprint density at radius 2 is 2.37 bits per heavy atom. The number of nitrogens with zero attached hydrogens (tertiary/aromatic N) is 1. The second-order valence-electron chi connectivity index (χ2n) is 5.05. The van der Waals surface area contributed by atoms with Gasteiger partial charge in [-0.05, 0) is 37.5 Å². The zero-order valence-corrected chi connectivity index (χ0v) is 11.9. The molecule has 3 atom stereocenters. The normalized spacial score (nSPS) is 24.1. The summed E-state index contributed by atoms with van der Waals surface area (Å²) >= 11 is 5.67. The zero-order chi connectivity index (χ0) is 14.0. The van der Waals surface area contributed by atoms with Gasteiger partial charge in [0.05, 0.1) is 11.1 Å². The summed E-state index contributed by atoms with van der Waals surface area (Å²) in [5.74, 6) is 0.347. The summed E-state index contributed by atoms with van der Waals surface area (Å²) in [6.07, 6.45) is 1.90. The van der Waals surface area contributed by atoms with E-state index in [2.05, 4.69) is 24.2 Å². The van der Waals surface area contributed by atoms with E-state index in [1.54, 1.807) is 6.07 Å². The standard InChI is InChI=1S/C14H19ClFN3/c1-3-8(2)18-14(17)19-13-7-10(13)9-4-5-11(15)12(16)6-9/h4-6,8,10,13H,3,7H2,1-2H3,(H3,17,18,19)/t8?,10-,13+/m0/s1. The van der Waals surface area contributed by atoms with Crippen molar-refractivity contribution in [3.63, 3.8) is 0 Å². The number of benzene rings is 1. The first-order chi connectivity index (χ1) is 9.01. The predicted molar refractivity (Wildman–Crippen MR) is 77.1 cm³/mol. The Balaban J connectivity index is 1.97. The van der Waals surface area contributed by atoms with Crippen LogP contribution in [0.4, 0.5) is 4.39 Å². The van der Waals surface area contributed by atoms with Gasteiger partial charge in [-0.15, -0.1) is 0 Å². The van der Waals surface area contributed by atoms with E-state index in [1.165, 1.54) is 6.07 Å². The van der Waals surface area contributed by atoms with Crippen molar-refractivity contribution in [1.82, 2.24) is 5.32 Å². The summed E-state index contributed by atoms with van der Waals surface area (Å²) < 4.78 is 13.4. The first-order valence-corrected chi connectivity index (χ1v) is 6.93. The highest BCUT2D eigenvalue weighted by molar-refractivity contribution is 6.30. The van der Waals surface area contributed by atoms with Gasteiger partial charge in [0, 0.05) is 12.0 Å². The Morgan fingerprint density at radius 3 is 3.00 bits per heavy atom. The maximum absolute atomic E-state index is 13.4. The van der Waals surface area contributed by atoms with Crippen LogP contribution >= 0.6 is 11.6 Å². The van der Waals surface area contributed by atoms with Gasteiger partial charge < -0.3 is 11.1 Å². The number of hydrogen-bond acceptors (Lipinski definition) is 1. The Hall–Kier alpha value is -1.29. The molecule has 1 aliphatic rings. The highest BCUT2D eigenvalue weighted by atomic mass is 35.5. The van der Waals surface area contributed by atoms with Crippen molar-refractivity contribution < 1.29 is 4.39 Å². The van der Waals surface area contributed by atoms with Crippen molar-refractivity contribution in [2.75, 3.05) is 0 Å². The van der Waals surface area contributed by atoms with Crippen LogP contribution in [0.2, 0.25) is 5.02 Å². The maximum Gasteiger partial charge on any atom is 0.189 e. The summed E-state index contributed by atoms with van der Waals surface area (Å²) in [6.45, 7) is 4.14. The van der Waals surface area contributed by atoms with Crippen LogP contribution in [0.5, 0.6) is 0 Å². The summed E-state index contributed by atoms with van der Waals surface area (Å²) in [4.78, 5) is 4.41. The first-order valence-electron chi connectivity index (χ1n) is 6.56. The fourth-order valence-electron chi connectivity index (χ4n) is 2.00. The molecule has 1 aromatic rings. The van der Waals surface area contributed by atoms with Crippen LogP contribution in [0.3, 0.4) is 0 Å². The van der Waals surface area contributed by atoms with Gasteiger partial charge in [0.2, 0.25) is 0 Å². The molecule has 104 valence electrons. The third-order valence-corrected chi connectivity index (χ3v) is 3.75. The smallest absolute Gasteiger partial charge is 0.189 e. The van der Waals surface area contributed by atoms with Crippen molar-refractivity contribution in [3.05, 3.63) is 34.6 Å². The van der Waals surface area contributed by atoms with Crippen LogP contribution in [-0.2, 0) is 0 Å². The van der Waals surface area contributed by atoms with Crippen LogP contribution in [0.15, 0.2) is 23.2 Å². The van der Waals surface area contributed by atoms with Crippen LogP contribution in [0.1, 0.15) is 38.2 Å². The lowest BCUT2D eigenvalue weighted by Crippen LogP contribution is -2.38. The number of nitrogens with one attached hydrogen (secondary N) is 1. The van der Waals surface area contributed by atoms with E-state index in [0.717, 1.165) is 18.4 Å². The van der Waals surface area contributed by atoms with Crippen molar-refractivity contribution >= 4 is 17.6 Å². The molecule has 0 saturated heterocycles. The molecule has 0 aliphatic heterocycles. The van der Waals surface area contributed by atoms with Crippen molar-refractivity contribution in [1.29, 1.82) is 0 Å². The van der Waals surface area contributed by atoms with Crippen molar-refractivity contribution in [3.8, 4) is 0 Å². The highest BCUT2D eigenvalue weighted by Crippen LogP contribution is 2.44. The number of guanidine groups is 1. The van der Waals surface area contributed by atoms with Gasteiger partial charge >= 0.3 is 0 Å². The molecule has 1 unspecified atom stereocenters. The molecule has 5 heteroatoms. The predicted octanol–water partition coefficient (Wildman–Crippen LogP) is 3.04. The van der Waals surface area contributed by atoms with E-state index >= 15 is 0 Å². The topological polar surface area (TPSA) is 50.4 Å². The summed E-state index contributed by atoms with van der Waals surface area (Å²) in [5, 5.41) is 3.28. The molecule has 0 heterocycles. The summed E-state index contributed by atoms with van der Waals surface area (Å²) in [6, 6.07) is 5.39. The van der Waals surface area contributed by atoms with Gasteiger partial charge in [0.15, 0.2) is 5.96 Å². The molecule has 0 aromatic heterocycles. The third kappa shape index (κ3) is 3.60. The van der Waals surface area contributed by atoms with Crippen molar-refractivity contribution in [2.45, 2.75) is 44.7 Å². The molecule has 0 spiro atoms. The maximum atomic E-state index is 13.4. The van der Waals surface area contributed by atoms with Gasteiger partial charge in [0.25, 0.3) is 0 Å². The van der Waals surface area contributed by atoms with E-state index in [1.807, 2.05) is 6.07 Å². The summed E-state index contributed by atoms with van der Waals surface area (Å²) in [7, 11) is 0. The lowest BCUT2D eigenvalue weighted by atomic mass is 10.1. The van der Waals surface area contributed by atoms with E-state index < -0.39 is 0 Å². The number of aliphatic imine (C=N–C) groups is 1. The monoisotopic (exact) mass is 283 g/mol. The molecule has 1 aliphatic carbocycles. The van der Waals surface area contributed by atoms with E-state index in [-0.39, 0.29) is 22.8 Å². The number of nitrogens with two attached hydrogens (primary N) is 1. The Morgan fingerprint density at radius 1 is 1.63 bits per heavy atom. The molecule has 0 radical (unpaired) electrons. The number of halogens is 2. The molecule has 1 aromatic carbocycles. The minimum absolute atomic E-state index is 0.150. The third-order valence-electron chi connectivity index (χ3n) is 3.44. The average molecular weight is 284 g/mol. The molecule has 3 N–H and O–H groups in total. The molecule has 1 saturated carbocycles. The second-order valence-corrected chi connectivity index (χ2v) is 5.46. The fourth-order valence-corrected chi connectivity index (χ4v) is 2.11. The molecule has 0 bridgehead atoms. The SMILES string of the molecule is CCC(C)NC(N)=N[C@@H]1C[C@H]1c1ccc(Cl)c(F)c1. The number of rotatable bonds is 4. The van der Waals surface area contributed by atoms with Gasteiger partial charge in [-0.2, -0.15) is 0 Å². The van der Waals surface area contributed by atoms with Crippen molar-refractivity contribution in [2.24, 2.45) is 10.7 Å². The Bertz CT molecular complexity index is 490. The van der Waals surface area contributed by atoms with Crippen LogP contribution < -0.4 is 11.1 Å². The largest absolute Gasteiger partial charge is 0.370 e. The van der Waals surface area contributed by atoms with Gasteiger partial charge in [-0.3, -0.25) is 0 Å². The van der Waals surface area contributed by atoms with Gasteiger partial charge in [0.1, 0.15) is 5.82 Å². The van der Waals surface area contributed by atoms with Crippen LogP contribution in [0.25, 0.3) is 0 Å². The Labute approximate surface area is 118 Å². The van der Waals surface area contributed by atoms with E-state index in [4.69, 9.17) is 17.3 Å². The second kappa shape index (κ2) is 5.78. The van der Waals surface area contributed by atoms with Gasteiger partial charge in [-0.1, -0.05) is 24.6 Å². The van der Waals surface area contributed by atoms with E-state index in [0.29, 0.717) is 12.0 Å². The van der Waals surface area contributed by atoms with Crippen LogP contribution in [-0.4, -0.2) is 18.0 Å². The first kappa shape index (κ1) is 14.1. The zero-order valence-electron chi connectivity index (χ0n) is 11.2. The molecular weight excluding hydrogens is 265 g/mol. The lowest BCUT2D eigenvalue weighted by molar-refractivity contribution is 0.625. The molecule has 19 heavy (non-hydrogen) atoms. The molecular formula is C14H19ClFN3. The fraction of sp³-hybridized carbons (Fsp3) is 0.500. The highest BCUT2D eigenvalue weighted by Gasteiger charge is 2.38. The molecule has 0 amide bonds.